The largest absolute Gasteiger partial charge is 0.325 e. The Morgan fingerprint density at radius 3 is 3.28 bits per heavy atom. The van der Waals surface area contributed by atoms with Gasteiger partial charge in [0.1, 0.15) is 0 Å². The van der Waals surface area contributed by atoms with Gasteiger partial charge in [0.15, 0.2) is 0 Å². The van der Waals surface area contributed by atoms with Crippen LogP contribution in [-0.2, 0) is 19.5 Å². The molecule has 2 N–H and O–H groups in total. The Kier molecular flexibility index (Phi) is 3.02. The van der Waals surface area contributed by atoms with Crippen molar-refractivity contribution in [1.82, 2.24) is 14.9 Å². The molecule has 1 aromatic carbocycles. The number of fused-ring (bicyclic) bond motifs is 1. The molecule has 0 atom stereocenters. The number of hydrogen-bond acceptors (Lipinski definition) is 3. The van der Waals surface area contributed by atoms with Crippen LogP contribution in [0.5, 0.6) is 0 Å². The summed E-state index contributed by atoms with van der Waals surface area (Å²) in [4.78, 5) is 4.37. The average Bonchev–Trinajstić information content (AvgIpc) is 2.86. The maximum atomic E-state index is 4.37. The van der Waals surface area contributed by atoms with Gasteiger partial charge in [0.2, 0.25) is 5.95 Å². The molecule has 18 heavy (non-hydrogen) atoms. The zero-order chi connectivity index (χ0) is 12.4. The number of nitrogens with one attached hydrogen (secondary N) is 2. The van der Waals surface area contributed by atoms with E-state index in [0.717, 1.165) is 32.0 Å². The molecule has 0 saturated heterocycles. The van der Waals surface area contributed by atoms with Crippen molar-refractivity contribution in [3.8, 4) is 0 Å². The third-order valence-corrected chi connectivity index (χ3v) is 3.44. The first kappa shape index (κ1) is 11.3. The summed E-state index contributed by atoms with van der Waals surface area (Å²) in [6, 6.07) is 6.44. The van der Waals surface area contributed by atoms with Gasteiger partial charge in [0.25, 0.3) is 0 Å². The van der Waals surface area contributed by atoms with Crippen molar-refractivity contribution >= 4 is 11.6 Å². The van der Waals surface area contributed by atoms with Crippen LogP contribution in [0.25, 0.3) is 0 Å². The maximum absolute atomic E-state index is 4.37. The molecule has 0 aliphatic carbocycles. The summed E-state index contributed by atoms with van der Waals surface area (Å²) >= 11 is 0. The quantitative estimate of drug-likeness (QED) is 0.867. The number of anilines is 2. The van der Waals surface area contributed by atoms with E-state index in [-0.39, 0.29) is 0 Å². The van der Waals surface area contributed by atoms with Crippen molar-refractivity contribution in [2.45, 2.75) is 26.4 Å². The summed E-state index contributed by atoms with van der Waals surface area (Å²) < 4.78 is 2.11. The Hall–Kier alpha value is -1.81. The third-order valence-electron chi connectivity index (χ3n) is 3.44. The number of rotatable bonds is 3. The molecule has 3 rings (SSSR count). The Balaban J connectivity index is 1.93. The summed E-state index contributed by atoms with van der Waals surface area (Å²) in [7, 11) is 0. The van der Waals surface area contributed by atoms with Gasteiger partial charge < -0.3 is 15.2 Å². The van der Waals surface area contributed by atoms with Crippen molar-refractivity contribution in [3.05, 3.63) is 41.7 Å². The maximum Gasteiger partial charge on any atom is 0.207 e. The van der Waals surface area contributed by atoms with E-state index in [1.807, 2.05) is 12.4 Å². The van der Waals surface area contributed by atoms with Crippen LogP contribution in [0.3, 0.4) is 0 Å². The first-order chi connectivity index (χ1) is 8.88. The van der Waals surface area contributed by atoms with Gasteiger partial charge in [-0.25, -0.2) is 4.98 Å². The monoisotopic (exact) mass is 242 g/mol. The predicted octanol–water partition coefficient (Wildman–Crippen LogP) is 2.29. The molecule has 1 aromatic heterocycles. The smallest absolute Gasteiger partial charge is 0.207 e. The Morgan fingerprint density at radius 1 is 1.44 bits per heavy atom. The molecule has 2 aromatic rings. The van der Waals surface area contributed by atoms with Crippen LogP contribution in [0.2, 0.25) is 0 Å². The fraction of sp³-hybridized carbons (Fsp3) is 0.357. The number of aryl methyl sites for hydroxylation is 1. The SMILES string of the molecule is CCn1ccnc1Nc1cccc2c1CCNC2. The molecule has 0 unspecified atom stereocenters. The first-order valence-corrected chi connectivity index (χ1v) is 6.48. The third kappa shape index (κ3) is 1.99. The minimum Gasteiger partial charge on any atom is -0.325 e. The van der Waals surface area contributed by atoms with Crippen molar-refractivity contribution in [3.63, 3.8) is 0 Å². The molecule has 2 heterocycles. The second-order valence-corrected chi connectivity index (χ2v) is 4.53. The zero-order valence-electron chi connectivity index (χ0n) is 10.6. The van der Waals surface area contributed by atoms with E-state index in [9.17, 15) is 0 Å². The standard InChI is InChI=1S/C14H18N4/c1-2-18-9-8-16-14(18)17-13-5-3-4-11-10-15-7-6-12(11)13/h3-5,8-9,15H,2,6-7,10H2,1H3,(H,16,17). The van der Waals surface area contributed by atoms with Gasteiger partial charge in [-0.2, -0.15) is 0 Å². The normalized spacial score (nSPS) is 14.3. The molecule has 1 aliphatic heterocycles. The summed E-state index contributed by atoms with van der Waals surface area (Å²) in [6.07, 6.45) is 4.91. The van der Waals surface area contributed by atoms with Gasteiger partial charge in [-0.15, -0.1) is 0 Å². The fourth-order valence-electron chi connectivity index (χ4n) is 2.46. The highest BCUT2D eigenvalue weighted by atomic mass is 15.2. The summed E-state index contributed by atoms with van der Waals surface area (Å²) in [5.74, 6) is 0.921. The van der Waals surface area contributed by atoms with E-state index in [4.69, 9.17) is 0 Å². The highest BCUT2D eigenvalue weighted by Crippen LogP contribution is 2.25. The van der Waals surface area contributed by atoms with E-state index < -0.39 is 0 Å². The van der Waals surface area contributed by atoms with Crippen LogP contribution in [-0.4, -0.2) is 16.1 Å². The molecule has 0 amide bonds. The molecular formula is C14H18N4. The van der Waals surface area contributed by atoms with Gasteiger partial charge in [-0.1, -0.05) is 12.1 Å². The van der Waals surface area contributed by atoms with Crippen LogP contribution in [0.4, 0.5) is 11.6 Å². The lowest BCUT2D eigenvalue weighted by molar-refractivity contribution is 0.644. The van der Waals surface area contributed by atoms with Crippen molar-refractivity contribution in [2.24, 2.45) is 0 Å². The molecular weight excluding hydrogens is 224 g/mol. The molecule has 4 nitrogen and oxygen atoms in total. The highest BCUT2D eigenvalue weighted by Gasteiger charge is 2.13. The lowest BCUT2D eigenvalue weighted by Gasteiger charge is -2.21. The fourth-order valence-corrected chi connectivity index (χ4v) is 2.46. The number of imidazole rings is 1. The summed E-state index contributed by atoms with van der Waals surface area (Å²) in [5, 5.41) is 6.86. The molecule has 0 radical (unpaired) electrons. The number of hydrogen-bond donors (Lipinski definition) is 2. The Bertz CT molecular complexity index is 544. The number of aromatic nitrogens is 2. The van der Waals surface area contributed by atoms with Crippen LogP contribution in [0, 0.1) is 0 Å². The highest BCUT2D eigenvalue weighted by molar-refractivity contribution is 5.61. The van der Waals surface area contributed by atoms with Gasteiger partial charge in [0, 0.05) is 31.2 Å². The molecule has 94 valence electrons. The summed E-state index contributed by atoms with van der Waals surface area (Å²) in [5.41, 5.74) is 4.00. The Labute approximate surface area is 107 Å². The lowest BCUT2D eigenvalue weighted by atomic mass is 9.99. The van der Waals surface area contributed by atoms with Crippen LogP contribution >= 0.6 is 0 Å². The minimum atomic E-state index is 0.921. The van der Waals surface area contributed by atoms with Crippen LogP contribution < -0.4 is 10.6 Å². The second-order valence-electron chi connectivity index (χ2n) is 4.53. The van der Waals surface area contributed by atoms with E-state index in [1.54, 1.807) is 0 Å². The van der Waals surface area contributed by atoms with Crippen LogP contribution in [0.1, 0.15) is 18.1 Å². The number of nitrogens with zero attached hydrogens (tertiary/aromatic N) is 2. The van der Waals surface area contributed by atoms with E-state index >= 15 is 0 Å². The molecule has 0 fully saturated rings. The first-order valence-electron chi connectivity index (χ1n) is 6.48. The topological polar surface area (TPSA) is 41.9 Å². The van der Waals surface area contributed by atoms with Crippen molar-refractivity contribution in [1.29, 1.82) is 0 Å². The number of benzene rings is 1. The predicted molar refractivity (Wildman–Crippen MR) is 73.0 cm³/mol. The molecule has 4 heteroatoms. The molecule has 1 aliphatic rings. The van der Waals surface area contributed by atoms with Crippen LogP contribution in [0.15, 0.2) is 30.6 Å². The van der Waals surface area contributed by atoms with Crippen molar-refractivity contribution < 1.29 is 0 Å². The second kappa shape index (κ2) is 4.82. The van der Waals surface area contributed by atoms with Gasteiger partial charge in [-0.05, 0) is 37.1 Å². The van der Waals surface area contributed by atoms with Gasteiger partial charge in [-0.3, -0.25) is 0 Å². The van der Waals surface area contributed by atoms with Gasteiger partial charge in [0.05, 0.1) is 0 Å². The van der Waals surface area contributed by atoms with E-state index in [2.05, 4.69) is 45.3 Å². The molecule has 0 saturated carbocycles. The molecule has 0 spiro atoms. The zero-order valence-corrected chi connectivity index (χ0v) is 10.6. The Morgan fingerprint density at radius 2 is 2.39 bits per heavy atom. The average molecular weight is 242 g/mol. The van der Waals surface area contributed by atoms with E-state index in [1.165, 1.54) is 16.8 Å². The summed E-state index contributed by atoms with van der Waals surface area (Å²) in [6.45, 7) is 5.07. The minimum absolute atomic E-state index is 0.921. The van der Waals surface area contributed by atoms with Crippen molar-refractivity contribution in [2.75, 3.05) is 11.9 Å². The van der Waals surface area contributed by atoms with E-state index in [0.29, 0.717) is 0 Å². The molecule has 0 bridgehead atoms. The lowest BCUT2D eigenvalue weighted by Crippen LogP contribution is -2.24. The van der Waals surface area contributed by atoms with Gasteiger partial charge >= 0.3 is 0 Å².